The van der Waals surface area contributed by atoms with Crippen LogP contribution in [0.2, 0.25) is 0 Å². The van der Waals surface area contributed by atoms with Gasteiger partial charge in [0.25, 0.3) is 0 Å². The smallest absolute Gasteiger partial charge is 0.124 e. The number of nitrogens with two attached hydrogens (primary N) is 1. The van der Waals surface area contributed by atoms with Gasteiger partial charge in [0.2, 0.25) is 0 Å². The van der Waals surface area contributed by atoms with Gasteiger partial charge >= 0.3 is 0 Å². The maximum Gasteiger partial charge on any atom is 0.124 e. The number of nitrogens with one attached hydrogen (secondary N) is 3. The lowest BCUT2D eigenvalue weighted by atomic mass is 9.99. The number of phenolic OH excluding ortho intramolecular Hbond substituents is 2. The van der Waals surface area contributed by atoms with Crippen LogP contribution in [0.5, 0.6) is 11.5 Å². The number of benzene rings is 3. The summed E-state index contributed by atoms with van der Waals surface area (Å²) in [5.41, 5.74) is 11.4. The van der Waals surface area contributed by atoms with Gasteiger partial charge in [0, 0.05) is 35.8 Å². The highest BCUT2D eigenvalue weighted by Gasteiger charge is 2.12. The molecule has 40 heavy (non-hydrogen) atoms. The number of aromatic hydroxyl groups is 2. The molecule has 1 atom stereocenters. The molecule has 0 spiro atoms. The van der Waals surface area contributed by atoms with Gasteiger partial charge in [-0.15, -0.1) is 0 Å². The molecule has 0 aliphatic heterocycles. The van der Waals surface area contributed by atoms with Gasteiger partial charge in [0.05, 0.1) is 28.2 Å². The molecule has 0 amide bonds. The largest absolute Gasteiger partial charge is 0.507 e. The minimum atomic E-state index is 0.0486. The average Bonchev–Trinajstić information content (AvgIpc) is 2.86. The Bertz CT molecular complexity index is 1090. The Hall–Kier alpha value is -2.94. The normalized spacial score (nSPS) is 11.6. The third kappa shape index (κ3) is 15.0. The van der Waals surface area contributed by atoms with Gasteiger partial charge in [0.15, 0.2) is 0 Å². The van der Waals surface area contributed by atoms with E-state index in [2.05, 4.69) is 87.8 Å². The Morgan fingerprint density at radius 1 is 0.800 bits per heavy atom. The molecule has 0 aliphatic carbocycles. The second-order valence-corrected chi connectivity index (χ2v) is 11.3. The monoisotopic (exact) mass is 553 g/mol. The third-order valence-electron chi connectivity index (χ3n) is 5.87. The molecule has 0 bridgehead atoms. The van der Waals surface area contributed by atoms with Crippen molar-refractivity contribution in [2.75, 3.05) is 48.8 Å². The molecule has 0 heterocycles. The number of hydrogen-bond donors (Lipinski definition) is 6. The average molecular weight is 554 g/mol. The SMILES string of the molecule is CCNCc1cc(CN(C)C)cc(CC(C)N)c1O.C[NH+](C)Cc1ccccc1.C[NH+](C)Cc1ccccc1O. The van der Waals surface area contributed by atoms with Crippen LogP contribution in [0.15, 0.2) is 66.7 Å². The van der Waals surface area contributed by atoms with E-state index in [1.54, 1.807) is 6.07 Å². The number of para-hydroxylation sites is 1. The maximum atomic E-state index is 10.3. The summed E-state index contributed by atoms with van der Waals surface area (Å²) in [6.07, 6.45) is 0.701. The maximum absolute atomic E-state index is 10.3. The van der Waals surface area contributed by atoms with E-state index in [1.807, 2.05) is 39.2 Å². The molecule has 1 unspecified atom stereocenters. The van der Waals surface area contributed by atoms with Crippen LogP contribution >= 0.6 is 0 Å². The van der Waals surface area contributed by atoms with Gasteiger partial charge in [-0.1, -0.05) is 55.5 Å². The Morgan fingerprint density at radius 2 is 1.38 bits per heavy atom. The topological polar surface area (TPSA) is 90.6 Å². The molecule has 7 heteroatoms. The van der Waals surface area contributed by atoms with Crippen molar-refractivity contribution in [3.8, 4) is 11.5 Å². The van der Waals surface area contributed by atoms with Gasteiger partial charge in [0.1, 0.15) is 24.6 Å². The van der Waals surface area contributed by atoms with E-state index in [4.69, 9.17) is 5.73 Å². The Balaban J connectivity index is 0.000000323. The molecule has 0 aliphatic rings. The van der Waals surface area contributed by atoms with Crippen molar-refractivity contribution in [2.45, 2.75) is 52.5 Å². The Kier molecular flexibility index (Phi) is 16.8. The number of hydrogen-bond acceptors (Lipinski definition) is 5. The predicted molar refractivity (Wildman–Crippen MR) is 168 cm³/mol. The van der Waals surface area contributed by atoms with Crippen LogP contribution in [0.25, 0.3) is 0 Å². The highest BCUT2D eigenvalue weighted by molar-refractivity contribution is 5.44. The van der Waals surface area contributed by atoms with E-state index >= 15 is 0 Å². The molecular formula is C33H55N5O2+2. The highest BCUT2D eigenvalue weighted by atomic mass is 16.3. The molecule has 0 fully saturated rings. The first kappa shape index (κ1) is 35.1. The van der Waals surface area contributed by atoms with Gasteiger partial charge in [-0.25, -0.2) is 0 Å². The molecule has 0 saturated carbocycles. The number of nitrogens with zero attached hydrogens (tertiary/aromatic N) is 1. The molecular weight excluding hydrogens is 498 g/mol. The van der Waals surface area contributed by atoms with Crippen molar-refractivity contribution in [2.24, 2.45) is 5.73 Å². The second-order valence-electron chi connectivity index (χ2n) is 11.3. The molecule has 3 rings (SSSR count). The molecule has 3 aromatic rings. The van der Waals surface area contributed by atoms with Gasteiger partial charge < -0.3 is 36.0 Å². The minimum Gasteiger partial charge on any atom is -0.507 e. The zero-order valence-corrected chi connectivity index (χ0v) is 26.1. The third-order valence-corrected chi connectivity index (χ3v) is 5.87. The van der Waals surface area contributed by atoms with Crippen molar-refractivity contribution in [1.82, 2.24) is 10.2 Å². The second kappa shape index (κ2) is 19.2. The van der Waals surface area contributed by atoms with Crippen molar-refractivity contribution < 1.29 is 20.0 Å². The van der Waals surface area contributed by atoms with E-state index in [-0.39, 0.29) is 6.04 Å². The molecule has 3 aromatic carbocycles. The summed E-state index contributed by atoms with van der Waals surface area (Å²) >= 11 is 0. The summed E-state index contributed by atoms with van der Waals surface area (Å²) < 4.78 is 0. The van der Waals surface area contributed by atoms with Crippen LogP contribution in [0.1, 0.15) is 41.7 Å². The number of rotatable bonds is 11. The van der Waals surface area contributed by atoms with Crippen molar-refractivity contribution in [1.29, 1.82) is 0 Å². The quantitative estimate of drug-likeness (QED) is 0.218. The van der Waals surface area contributed by atoms with Crippen molar-refractivity contribution >= 4 is 0 Å². The number of phenols is 2. The molecule has 7 nitrogen and oxygen atoms in total. The van der Waals surface area contributed by atoms with E-state index in [1.165, 1.54) is 20.9 Å². The first-order valence-corrected chi connectivity index (χ1v) is 14.3. The van der Waals surface area contributed by atoms with Gasteiger partial charge in [-0.2, -0.15) is 0 Å². The van der Waals surface area contributed by atoms with Crippen LogP contribution in [0.4, 0.5) is 0 Å². The van der Waals surface area contributed by atoms with Crippen LogP contribution < -0.4 is 20.9 Å². The van der Waals surface area contributed by atoms with E-state index in [0.717, 1.165) is 42.9 Å². The molecule has 0 radical (unpaired) electrons. The van der Waals surface area contributed by atoms with Crippen molar-refractivity contribution in [3.63, 3.8) is 0 Å². The molecule has 7 N–H and O–H groups in total. The van der Waals surface area contributed by atoms with E-state index < -0.39 is 0 Å². The van der Waals surface area contributed by atoms with Gasteiger partial charge in [-0.05, 0) is 63.3 Å². The zero-order valence-electron chi connectivity index (χ0n) is 26.1. The first-order chi connectivity index (χ1) is 18.9. The summed E-state index contributed by atoms with van der Waals surface area (Å²) in [6, 6.07) is 22.2. The lowest BCUT2D eigenvalue weighted by Crippen LogP contribution is -3.04. The fraction of sp³-hybridized carbons (Fsp3) is 0.455. The summed E-state index contributed by atoms with van der Waals surface area (Å²) in [5, 5.41) is 22.9. The summed E-state index contributed by atoms with van der Waals surface area (Å²) in [4.78, 5) is 4.90. The van der Waals surface area contributed by atoms with E-state index in [0.29, 0.717) is 24.5 Å². The minimum absolute atomic E-state index is 0.0486. The fourth-order valence-electron chi connectivity index (χ4n) is 4.23. The fourth-order valence-corrected chi connectivity index (χ4v) is 4.23. The Morgan fingerprint density at radius 3 is 1.90 bits per heavy atom. The van der Waals surface area contributed by atoms with Gasteiger partial charge in [-0.3, -0.25) is 0 Å². The lowest BCUT2D eigenvalue weighted by Gasteiger charge is -2.17. The lowest BCUT2D eigenvalue weighted by molar-refractivity contribution is -0.872. The summed E-state index contributed by atoms with van der Waals surface area (Å²) in [7, 11) is 12.5. The first-order valence-electron chi connectivity index (χ1n) is 14.3. The van der Waals surface area contributed by atoms with Crippen LogP contribution in [0.3, 0.4) is 0 Å². The van der Waals surface area contributed by atoms with Crippen molar-refractivity contribution in [3.05, 3.63) is 94.5 Å². The number of quaternary nitrogens is 2. The van der Waals surface area contributed by atoms with Crippen LogP contribution in [0, 0.1) is 0 Å². The molecule has 0 saturated heterocycles. The van der Waals surface area contributed by atoms with Crippen LogP contribution in [-0.2, 0) is 32.6 Å². The zero-order chi connectivity index (χ0) is 30.1. The van der Waals surface area contributed by atoms with E-state index in [9.17, 15) is 10.2 Å². The predicted octanol–water partition coefficient (Wildman–Crippen LogP) is 1.82. The summed E-state index contributed by atoms with van der Waals surface area (Å²) in [5.74, 6) is 0.787. The summed E-state index contributed by atoms with van der Waals surface area (Å²) in [6.45, 7) is 8.44. The van der Waals surface area contributed by atoms with Crippen LogP contribution in [-0.4, -0.2) is 70.0 Å². The molecule has 0 aromatic heterocycles. The standard InChI is InChI=1S/C15H27N3O.C9H13NO.C9H13N/c1-5-17-9-14-8-12(10-18(3)4)7-13(15(14)19)6-11(2)16;1-10(2)7-8-5-3-4-6-9(8)11;1-10(2)8-9-6-4-3-5-7-9/h7-8,11,17,19H,5-6,9-10,16H2,1-4H3;3-6,11H,7H2,1-2H3;3-7H,8H2,1-2H3/p+2. The highest BCUT2D eigenvalue weighted by Crippen LogP contribution is 2.26. The Labute approximate surface area is 243 Å². The molecule has 222 valence electrons.